The summed E-state index contributed by atoms with van der Waals surface area (Å²) in [5.74, 6) is 0.409. The number of hydrogen-bond donors (Lipinski definition) is 1. The lowest BCUT2D eigenvalue weighted by Crippen LogP contribution is -2.12. The van der Waals surface area contributed by atoms with Gasteiger partial charge in [0.1, 0.15) is 0 Å². The van der Waals surface area contributed by atoms with E-state index in [0.29, 0.717) is 11.4 Å². The molecule has 98 valence electrons. The van der Waals surface area contributed by atoms with Crippen LogP contribution in [0.1, 0.15) is 24.0 Å². The van der Waals surface area contributed by atoms with Crippen LogP contribution in [0.5, 0.6) is 5.75 Å². The number of benzene rings is 1. The average Bonchev–Trinajstić information content (AvgIpc) is 2.39. The molecule has 4 nitrogen and oxygen atoms in total. The van der Waals surface area contributed by atoms with Gasteiger partial charge in [0.25, 0.3) is 0 Å². The van der Waals surface area contributed by atoms with E-state index in [1.54, 1.807) is 11.8 Å². The number of carbonyl (C=O) groups is 1. The van der Waals surface area contributed by atoms with Gasteiger partial charge in [-0.05, 0) is 49.1 Å². The third-order valence-electron chi connectivity index (χ3n) is 3.16. The maximum absolute atomic E-state index is 11.2. The third-order valence-corrected chi connectivity index (χ3v) is 4.04. The fourth-order valence-electron chi connectivity index (χ4n) is 2.31. The molecular formula is C13H17NO3S. The maximum atomic E-state index is 11.2. The minimum Gasteiger partial charge on any atom is -0.437 e. The van der Waals surface area contributed by atoms with Crippen molar-refractivity contribution in [3.63, 3.8) is 0 Å². The molecule has 0 fully saturated rings. The molecule has 0 unspecified atom stereocenters. The quantitative estimate of drug-likeness (QED) is 0.386. The highest BCUT2D eigenvalue weighted by Gasteiger charge is 2.20. The molecule has 0 heterocycles. The summed E-state index contributed by atoms with van der Waals surface area (Å²) in [6.45, 7) is 0. The van der Waals surface area contributed by atoms with Crippen molar-refractivity contribution < 1.29 is 14.3 Å². The van der Waals surface area contributed by atoms with Gasteiger partial charge in [-0.25, -0.2) is 4.79 Å². The Kier molecular flexibility index (Phi) is 4.01. The fraction of sp³-hybridized carbons (Fsp3) is 0.462. The van der Waals surface area contributed by atoms with Gasteiger partial charge in [-0.15, -0.1) is 11.8 Å². The molecule has 5 heteroatoms. The predicted octanol–water partition coefficient (Wildman–Crippen LogP) is 3.01. The second kappa shape index (κ2) is 5.52. The lowest BCUT2D eigenvalue weighted by Gasteiger charge is -2.21. The van der Waals surface area contributed by atoms with E-state index in [4.69, 9.17) is 10.5 Å². The highest BCUT2D eigenvalue weighted by atomic mass is 32.2. The smallest absolute Gasteiger partial charge is 0.437 e. The van der Waals surface area contributed by atoms with Gasteiger partial charge in [-0.1, -0.05) is 0 Å². The van der Waals surface area contributed by atoms with E-state index in [1.165, 1.54) is 31.1 Å². The van der Waals surface area contributed by atoms with Crippen molar-refractivity contribution in [2.45, 2.75) is 30.6 Å². The van der Waals surface area contributed by atoms with E-state index in [2.05, 4.69) is 4.74 Å². The number of thioether (sulfide) groups is 1. The number of methoxy groups -OCH3 is 1. The number of anilines is 1. The molecule has 0 saturated carbocycles. The number of hydrogen-bond acceptors (Lipinski definition) is 5. The topological polar surface area (TPSA) is 61.5 Å². The third kappa shape index (κ3) is 2.41. The van der Waals surface area contributed by atoms with Crippen LogP contribution in [-0.2, 0) is 17.6 Å². The molecule has 1 aromatic carbocycles. The summed E-state index contributed by atoms with van der Waals surface area (Å²) >= 11 is 1.60. The second-order valence-electron chi connectivity index (χ2n) is 4.22. The molecule has 18 heavy (non-hydrogen) atoms. The van der Waals surface area contributed by atoms with E-state index in [0.717, 1.165) is 17.7 Å². The molecule has 2 rings (SSSR count). The average molecular weight is 267 g/mol. The zero-order chi connectivity index (χ0) is 13.1. The zero-order valence-electron chi connectivity index (χ0n) is 10.6. The normalized spacial score (nSPS) is 13.9. The van der Waals surface area contributed by atoms with Crippen molar-refractivity contribution in [3.05, 3.63) is 17.2 Å². The molecule has 2 N–H and O–H groups in total. The van der Waals surface area contributed by atoms with E-state index in [9.17, 15) is 4.79 Å². The van der Waals surface area contributed by atoms with E-state index in [-0.39, 0.29) is 0 Å². The summed E-state index contributed by atoms with van der Waals surface area (Å²) in [5, 5.41) is 0. The lowest BCUT2D eigenvalue weighted by molar-refractivity contribution is 0.121. The summed E-state index contributed by atoms with van der Waals surface area (Å²) in [6, 6.07) is 1.88. The van der Waals surface area contributed by atoms with Gasteiger partial charge < -0.3 is 15.2 Å². The van der Waals surface area contributed by atoms with Gasteiger partial charge >= 0.3 is 6.16 Å². The molecule has 0 saturated heterocycles. The predicted molar refractivity (Wildman–Crippen MR) is 72.3 cm³/mol. The van der Waals surface area contributed by atoms with Crippen LogP contribution >= 0.6 is 11.8 Å². The summed E-state index contributed by atoms with van der Waals surface area (Å²) in [6.07, 6.45) is 5.68. The van der Waals surface area contributed by atoms with Crippen molar-refractivity contribution in [2.75, 3.05) is 19.1 Å². The first kappa shape index (κ1) is 13.1. The fourth-order valence-corrected chi connectivity index (χ4v) is 3.11. The van der Waals surface area contributed by atoms with Gasteiger partial charge in [0.2, 0.25) is 0 Å². The summed E-state index contributed by atoms with van der Waals surface area (Å²) in [5.41, 5.74) is 9.15. The first-order valence-electron chi connectivity index (χ1n) is 5.91. The molecular weight excluding hydrogens is 250 g/mol. The molecule has 1 aliphatic carbocycles. The number of nitrogen functional groups attached to an aromatic ring is 1. The zero-order valence-corrected chi connectivity index (χ0v) is 11.4. The molecule has 0 bridgehead atoms. The first-order chi connectivity index (χ1) is 8.67. The molecule has 0 aromatic heterocycles. The summed E-state index contributed by atoms with van der Waals surface area (Å²) < 4.78 is 9.61. The van der Waals surface area contributed by atoms with Gasteiger partial charge in [-0.3, -0.25) is 0 Å². The van der Waals surface area contributed by atoms with Crippen molar-refractivity contribution in [1.82, 2.24) is 0 Å². The van der Waals surface area contributed by atoms with Crippen LogP contribution in [0.4, 0.5) is 10.5 Å². The largest absolute Gasteiger partial charge is 0.513 e. The number of nitrogens with two attached hydrogens (primary N) is 1. The van der Waals surface area contributed by atoms with Crippen molar-refractivity contribution in [3.8, 4) is 5.75 Å². The van der Waals surface area contributed by atoms with Gasteiger partial charge in [0.05, 0.1) is 12.8 Å². The Morgan fingerprint density at radius 1 is 1.39 bits per heavy atom. The van der Waals surface area contributed by atoms with E-state index < -0.39 is 6.16 Å². The molecule has 0 amide bonds. The van der Waals surface area contributed by atoms with Crippen LogP contribution in [0.25, 0.3) is 0 Å². The molecule has 0 aliphatic heterocycles. The number of ether oxygens (including phenoxy) is 2. The van der Waals surface area contributed by atoms with E-state index >= 15 is 0 Å². The van der Waals surface area contributed by atoms with Gasteiger partial charge in [0.15, 0.2) is 5.75 Å². The highest BCUT2D eigenvalue weighted by molar-refractivity contribution is 7.98. The molecule has 1 aliphatic rings. The Morgan fingerprint density at radius 2 is 2.11 bits per heavy atom. The molecule has 0 spiro atoms. The van der Waals surface area contributed by atoms with Crippen LogP contribution in [0.2, 0.25) is 0 Å². The Labute approximate surface area is 111 Å². The highest BCUT2D eigenvalue weighted by Crippen LogP contribution is 2.40. The van der Waals surface area contributed by atoms with Crippen molar-refractivity contribution in [2.24, 2.45) is 0 Å². The van der Waals surface area contributed by atoms with Crippen LogP contribution < -0.4 is 10.5 Å². The minimum absolute atomic E-state index is 0.409. The summed E-state index contributed by atoms with van der Waals surface area (Å²) in [4.78, 5) is 12.2. The molecule has 0 atom stereocenters. The molecule has 1 aromatic rings. The summed E-state index contributed by atoms with van der Waals surface area (Å²) in [7, 11) is 1.28. The van der Waals surface area contributed by atoms with Crippen molar-refractivity contribution >= 4 is 23.6 Å². The SMILES string of the molecule is COC(=O)Oc1cc2c(c(SC)c1N)CCCC2. The monoisotopic (exact) mass is 267 g/mol. The number of carbonyl (C=O) groups excluding carboxylic acids is 1. The first-order valence-corrected chi connectivity index (χ1v) is 7.13. The Balaban J connectivity index is 2.45. The van der Waals surface area contributed by atoms with Gasteiger partial charge in [-0.2, -0.15) is 0 Å². The van der Waals surface area contributed by atoms with Crippen molar-refractivity contribution in [1.29, 1.82) is 0 Å². The number of rotatable bonds is 2. The maximum Gasteiger partial charge on any atom is 0.513 e. The number of aryl methyl sites for hydroxylation is 1. The van der Waals surface area contributed by atoms with Crippen LogP contribution in [0, 0.1) is 0 Å². The molecule has 0 radical (unpaired) electrons. The standard InChI is InChI=1S/C13H17NO3S/c1-16-13(15)17-10-7-8-5-3-4-6-9(8)12(18-2)11(10)14/h7H,3-6,14H2,1-2H3. The number of fused-ring (bicyclic) bond motifs is 1. The van der Waals surface area contributed by atoms with Crippen LogP contribution in [0.15, 0.2) is 11.0 Å². The Hall–Kier alpha value is -1.36. The van der Waals surface area contributed by atoms with Crippen LogP contribution in [0.3, 0.4) is 0 Å². The Morgan fingerprint density at radius 3 is 2.78 bits per heavy atom. The lowest BCUT2D eigenvalue weighted by atomic mass is 9.91. The van der Waals surface area contributed by atoms with E-state index in [1.807, 2.05) is 12.3 Å². The second-order valence-corrected chi connectivity index (χ2v) is 5.04. The Bertz CT molecular complexity index is 474. The van der Waals surface area contributed by atoms with Crippen LogP contribution in [-0.4, -0.2) is 19.5 Å². The van der Waals surface area contributed by atoms with Gasteiger partial charge in [0, 0.05) is 4.90 Å². The minimum atomic E-state index is -0.732.